The Balaban J connectivity index is 1.21. The Hall–Kier alpha value is -2.17. The lowest BCUT2D eigenvalue weighted by Crippen LogP contribution is -2.55. The Morgan fingerprint density at radius 1 is 0.882 bits per heavy atom. The van der Waals surface area contributed by atoms with Gasteiger partial charge >= 0.3 is 5.97 Å². The summed E-state index contributed by atoms with van der Waals surface area (Å²) in [5.74, 6) is 1.55. The molecule has 5 rings (SSSR count). The van der Waals surface area contributed by atoms with Crippen LogP contribution in [-0.2, 0) is 20.8 Å². The van der Waals surface area contributed by atoms with Gasteiger partial charge in [-0.05, 0) is 31.2 Å². The quantitative estimate of drug-likeness (QED) is 0.361. The number of rotatable bonds is 8. The van der Waals surface area contributed by atoms with Crippen molar-refractivity contribution in [1.82, 2.24) is 0 Å². The van der Waals surface area contributed by atoms with E-state index in [1.54, 1.807) is 0 Å². The topological polar surface area (TPSA) is 35.5 Å². The number of piperidine rings is 1. The molecule has 4 nitrogen and oxygen atoms in total. The number of benzene rings is 2. The van der Waals surface area contributed by atoms with Gasteiger partial charge in [0.25, 0.3) is 0 Å². The molecule has 4 heteroatoms. The zero-order valence-electron chi connectivity index (χ0n) is 20.6. The average Bonchev–Trinajstić information content (AvgIpc) is 3.12. The predicted molar refractivity (Wildman–Crippen MR) is 134 cm³/mol. The molecule has 0 N–H and O–H groups in total. The summed E-state index contributed by atoms with van der Waals surface area (Å²) in [5, 5.41) is 0. The molecule has 2 bridgehead atoms. The van der Waals surface area contributed by atoms with Gasteiger partial charge in [-0.1, -0.05) is 79.9 Å². The molecule has 3 fully saturated rings. The maximum Gasteiger partial charge on any atom is 0.339 e. The Morgan fingerprint density at radius 2 is 1.50 bits per heavy atom. The molecule has 2 aromatic rings. The zero-order valence-corrected chi connectivity index (χ0v) is 20.6. The summed E-state index contributed by atoms with van der Waals surface area (Å²) in [5.41, 5.74) is 2.33. The average molecular weight is 463 g/mol. The molecule has 1 saturated heterocycles. The lowest BCUT2D eigenvalue weighted by Gasteiger charge is -2.44. The van der Waals surface area contributed by atoms with Crippen molar-refractivity contribution < 1.29 is 18.8 Å². The molecule has 3 atom stereocenters. The highest BCUT2D eigenvalue weighted by Gasteiger charge is 2.49. The number of nitrogens with zero attached hydrogens (tertiary/aromatic N) is 1. The molecule has 0 spiro atoms. The molecule has 0 aromatic heterocycles. The number of likely N-dealkylation sites (tertiary alicyclic amines) is 1. The van der Waals surface area contributed by atoms with Crippen molar-refractivity contribution in [2.45, 2.75) is 63.7 Å². The highest BCUT2D eigenvalue weighted by Crippen LogP contribution is 2.45. The van der Waals surface area contributed by atoms with E-state index in [0.29, 0.717) is 24.4 Å². The molecule has 34 heavy (non-hydrogen) atoms. The van der Waals surface area contributed by atoms with Gasteiger partial charge in [-0.3, -0.25) is 0 Å². The van der Waals surface area contributed by atoms with Crippen LogP contribution in [0.1, 0.15) is 62.2 Å². The van der Waals surface area contributed by atoms with Gasteiger partial charge in [0.2, 0.25) is 0 Å². The maximum absolute atomic E-state index is 13.3. The minimum absolute atomic E-state index is 0.161. The maximum atomic E-state index is 13.3. The molecule has 182 valence electrons. The predicted octanol–water partition coefficient (Wildman–Crippen LogP) is 5.92. The molecular weight excluding hydrogens is 422 g/mol. The summed E-state index contributed by atoms with van der Waals surface area (Å²) in [6, 6.07) is 20.8. The number of ether oxygens (including phenoxy) is 2. The highest BCUT2D eigenvalue weighted by molar-refractivity contribution is 5.76. The first-order valence-corrected chi connectivity index (χ1v) is 13.3. The van der Waals surface area contributed by atoms with Crippen LogP contribution in [0.4, 0.5) is 0 Å². The molecule has 2 aromatic carbocycles. The van der Waals surface area contributed by atoms with Gasteiger partial charge in [0.1, 0.15) is 6.54 Å². The summed E-state index contributed by atoms with van der Waals surface area (Å²) >= 11 is 0. The van der Waals surface area contributed by atoms with Crippen molar-refractivity contribution in [3.8, 4) is 0 Å². The van der Waals surface area contributed by atoms with Gasteiger partial charge < -0.3 is 14.0 Å². The number of esters is 1. The number of hydrogen-bond acceptors (Lipinski definition) is 3. The second-order valence-corrected chi connectivity index (χ2v) is 11.2. The fourth-order valence-electron chi connectivity index (χ4n) is 6.87. The normalized spacial score (nSPS) is 30.1. The Labute approximate surface area is 204 Å². The standard InChI is InChI=1S/C30H40NO3/c1-31(19-23-11-5-2-6-12-23)20-25-17-18-26(21-31)28(25)22-33-30(32)29(24-13-7-3-8-14-24)34-27-15-9-4-10-16-27/h2-3,5-8,11-14,25-29H,4,9-10,15-22H2,1H3/q+1. The molecule has 3 unspecified atom stereocenters. The first kappa shape index (κ1) is 23.6. The first-order valence-electron chi connectivity index (χ1n) is 13.3. The SMILES string of the molecule is C[N+]1(Cc2ccccc2)CC2CCC(C1)C2COC(=O)C(OC1CCCCC1)c1ccccc1. The number of fused-ring (bicyclic) bond motifs is 2. The van der Waals surface area contributed by atoms with Crippen LogP contribution in [0.15, 0.2) is 60.7 Å². The van der Waals surface area contributed by atoms with Gasteiger partial charge in [-0.15, -0.1) is 0 Å². The zero-order chi connectivity index (χ0) is 23.4. The largest absolute Gasteiger partial charge is 0.463 e. The Bertz CT molecular complexity index is 911. The van der Waals surface area contributed by atoms with Crippen LogP contribution in [-0.4, -0.2) is 43.3 Å². The third kappa shape index (κ3) is 5.55. The lowest BCUT2D eigenvalue weighted by atomic mass is 9.84. The summed E-state index contributed by atoms with van der Waals surface area (Å²) < 4.78 is 13.5. The molecular formula is C30H40NO3+. The van der Waals surface area contributed by atoms with E-state index in [2.05, 4.69) is 37.4 Å². The van der Waals surface area contributed by atoms with Gasteiger partial charge in [0, 0.05) is 23.3 Å². The van der Waals surface area contributed by atoms with Crippen LogP contribution in [0.3, 0.4) is 0 Å². The van der Waals surface area contributed by atoms with Crippen LogP contribution >= 0.6 is 0 Å². The van der Waals surface area contributed by atoms with Gasteiger partial charge in [0.15, 0.2) is 6.10 Å². The monoisotopic (exact) mass is 462 g/mol. The summed E-state index contributed by atoms with van der Waals surface area (Å²) in [6.45, 7) is 3.98. The molecule has 2 aliphatic carbocycles. The number of quaternary nitrogens is 1. The summed E-state index contributed by atoms with van der Waals surface area (Å²) in [7, 11) is 2.41. The number of hydrogen-bond donors (Lipinski definition) is 0. The van der Waals surface area contributed by atoms with Crippen molar-refractivity contribution in [2.75, 3.05) is 26.7 Å². The fraction of sp³-hybridized carbons (Fsp3) is 0.567. The van der Waals surface area contributed by atoms with Crippen LogP contribution < -0.4 is 0 Å². The van der Waals surface area contributed by atoms with E-state index < -0.39 is 6.10 Å². The van der Waals surface area contributed by atoms with Crippen molar-refractivity contribution in [3.63, 3.8) is 0 Å². The molecule has 0 amide bonds. The Morgan fingerprint density at radius 3 is 2.15 bits per heavy atom. The van der Waals surface area contributed by atoms with Crippen molar-refractivity contribution in [2.24, 2.45) is 17.8 Å². The van der Waals surface area contributed by atoms with Crippen LogP contribution in [0.5, 0.6) is 0 Å². The fourth-order valence-corrected chi connectivity index (χ4v) is 6.87. The lowest BCUT2D eigenvalue weighted by molar-refractivity contribution is -0.933. The van der Waals surface area contributed by atoms with E-state index in [-0.39, 0.29) is 12.1 Å². The Kier molecular flexibility index (Phi) is 7.36. The second kappa shape index (κ2) is 10.6. The van der Waals surface area contributed by atoms with Gasteiger partial charge in [0.05, 0.1) is 32.8 Å². The van der Waals surface area contributed by atoms with Crippen molar-refractivity contribution >= 4 is 5.97 Å². The molecule has 0 radical (unpaired) electrons. The summed E-state index contributed by atoms with van der Waals surface area (Å²) in [4.78, 5) is 13.3. The van der Waals surface area contributed by atoms with Gasteiger partial charge in [-0.25, -0.2) is 4.79 Å². The smallest absolute Gasteiger partial charge is 0.339 e. The molecule has 2 saturated carbocycles. The van der Waals surface area contributed by atoms with Crippen LogP contribution in [0.25, 0.3) is 0 Å². The third-order valence-electron chi connectivity index (χ3n) is 8.49. The molecule has 1 heterocycles. The van der Waals surface area contributed by atoms with E-state index in [1.807, 2.05) is 30.3 Å². The molecule has 1 aliphatic heterocycles. The van der Waals surface area contributed by atoms with E-state index in [4.69, 9.17) is 9.47 Å². The van der Waals surface area contributed by atoms with E-state index in [9.17, 15) is 4.79 Å². The minimum Gasteiger partial charge on any atom is -0.463 e. The van der Waals surface area contributed by atoms with E-state index >= 15 is 0 Å². The van der Waals surface area contributed by atoms with Crippen molar-refractivity contribution in [3.05, 3.63) is 71.8 Å². The second-order valence-electron chi connectivity index (χ2n) is 11.2. The van der Waals surface area contributed by atoms with E-state index in [1.165, 1.54) is 50.8 Å². The number of carbonyl (C=O) groups excluding carboxylic acids is 1. The highest BCUT2D eigenvalue weighted by atomic mass is 16.6. The third-order valence-corrected chi connectivity index (χ3v) is 8.49. The van der Waals surface area contributed by atoms with Crippen LogP contribution in [0, 0.1) is 17.8 Å². The number of carbonyl (C=O) groups is 1. The van der Waals surface area contributed by atoms with Crippen molar-refractivity contribution in [1.29, 1.82) is 0 Å². The molecule has 3 aliphatic rings. The first-order chi connectivity index (χ1) is 16.6. The minimum atomic E-state index is -0.607. The summed E-state index contributed by atoms with van der Waals surface area (Å²) in [6.07, 6.45) is 7.80. The van der Waals surface area contributed by atoms with E-state index in [0.717, 1.165) is 29.4 Å². The van der Waals surface area contributed by atoms with Gasteiger partial charge in [-0.2, -0.15) is 0 Å². The van der Waals surface area contributed by atoms with Crippen LogP contribution in [0.2, 0.25) is 0 Å².